The molecule has 1 aromatic rings. The summed E-state index contributed by atoms with van der Waals surface area (Å²) in [5.41, 5.74) is 11.7. The van der Waals surface area contributed by atoms with Crippen LogP contribution >= 0.6 is 0 Å². The average molecular weight is 873 g/mol. The number of methoxy groups -OCH3 is 1. The van der Waals surface area contributed by atoms with Gasteiger partial charge in [-0.2, -0.15) is 0 Å². The van der Waals surface area contributed by atoms with E-state index in [0.29, 0.717) is 51.3 Å². The van der Waals surface area contributed by atoms with Crippen molar-refractivity contribution in [3.63, 3.8) is 0 Å². The number of esters is 2. The number of aromatic nitrogens is 1. The van der Waals surface area contributed by atoms with Crippen molar-refractivity contribution >= 4 is 41.2 Å². The maximum atomic E-state index is 13.6. The van der Waals surface area contributed by atoms with Gasteiger partial charge in [-0.1, -0.05) is 85.1 Å². The average Bonchev–Trinajstić information content (AvgIpc) is 3.99. The number of nitrogens with zero attached hydrogens (tertiary/aromatic N) is 3. The number of rotatable bonds is 20. The maximum absolute atomic E-state index is 13.6. The Kier molecular flexibility index (Phi) is 16.1. The first-order valence-electron chi connectivity index (χ1n) is 23.8. The minimum absolute atomic E-state index is 0.0838. The van der Waals surface area contributed by atoms with E-state index in [1.807, 2.05) is 45.1 Å². The predicted molar refractivity (Wildman–Crippen MR) is 260 cm³/mol. The van der Waals surface area contributed by atoms with Crippen LogP contribution in [-0.4, -0.2) is 64.6 Å². The Morgan fingerprint density at radius 1 is 0.828 bits per heavy atom. The van der Waals surface area contributed by atoms with Gasteiger partial charge in [0.25, 0.3) is 0 Å². The van der Waals surface area contributed by atoms with Crippen LogP contribution in [-0.2, 0) is 25.5 Å². The van der Waals surface area contributed by atoms with Gasteiger partial charge in [0.1, 0.15) is 18.3 Å². The van der Waals surface area contributed by atoms with Crippen LogP contribution in [0.25, 0.3) is 12.2 Å². The highest BCUT2D eigenvalue weighted by molar-refractivity contribution is 6.26. The summed E-state index contributed by atoms with van der Waals surface area (Å²) in [5.74, 6) is 0.0595. The number of aliphatic hydroxyl groups excluding tert-OH is 2. The Bertz CT molecular complexity index is 2490. The minimum Gasteiger partial charge on any atom is -0.510 e. The Hall–Kier alpha value is -5.09. The van der Waals surface area contributed by atoms with E-state index in [-0.39, 0.29) is 37.8 Å². The second-order valence-corrected chi connectivity index (χ2v) is 19.1. The fourth-order valence-corrected chi connectivity index (χ4v) is 9.78. The number of ether oxygens (including phenoxy) is 2. The lowest BCUT2D eigenvalue weighted by molar-refractivity contribution is -0.144. The van der Waals surface area contributed by atoms with Crippen molar-refractivity contribution < 1.29 is 29.3 Å². The van der Waals surface area contributed by atoms with E-state index in [2.05, 4.69) is 53.5 Å². The Morgan fingerprint density at radius 2 is 1.52 bits per heavy atom. The van der Waals surface area contributed by atoms with E-state index < -0.39 is 11.9 Å². The second kappa shape index (κ2) is 21.3. The number of nitrogens with one attached hydrogen (secondary N) is 1. The van der Waals surface area contributed by atoms with Crippen LogP contribution in [0.1, 0.15) is 144 Å². The molecule has 10 heteroatoms. The lowest BCUT2D eigenvalue weighted by atomic mass is 9.91. The summed E-state index contributed by atoms with van der Waals surface area (Å²) in [6.45, 7) is 21.5. The van der Waals surface area contributed by atoms with Gasteiger partial charge >= 0.3 is 11.9 Å². The zero-order chi connectivity index (χ0) is 46.4. The molecule has 0 amide bonds. The molecule has 344 valence electrons. The van der Waals surface area contributed by atoms with Gasteiger partial charge < -0.3 is 24.7 Å². The third-order valence-corrected chi connectivity index (χ3v) is 13.9. The summed E-state index contributed by atoms with van der Waals surface area (Å²) < 4.78 is 11.0. The molecule has 10 nitrogen and oxygen atoms in total. The number of H-pyrrole nitrogens is 1. The largest absolute Gasteiger partial charge is 0.510 e. The van der Waals surface area contributed by atoms with Crippen molar-refractivity contribution in [3.05, 3.63) is 101 Å². The van der Waals surface area contributed by atoms with Gasteiger partial charge in [0.2, 0.25) is 0 Å². The van der Waals surface area contributed by atoms with Gasteiger partial charge in [-0.25, -0.2) is 15.0 Å². The monoisotopic (exact) mass is 873 g/mol. The van der Waals surface area contributed by atoms with E-state index >= 15 is 0 Å². The summed E-state index contributed by atoms with van der Waals surface area (Å²) in [6.07, 6.45) is 20.2. The van der Waals surface area contributed by atoms with Crippen LogP contribution in [0.15, 0.2) is 94.6 Å². The molecule has 0 aromatic carbocycles. The van der Waals surface area contributed by atoms with Gasteiger partial charge in [-0.05, 0) is 136 Å². The SMILES string of the molecule is CCc1c(C)c2[nH]c1=CC1=C(C)C3=C(O)[C@H](C(=O)OC)C(=C4N=C(C=C5N=C(C=2)C(CO)=C5C)C(C)=C4CCC(=O)OC/C=C(\C)CCC[C@H](C)CCC[C@H](C)CCCC(C)C)C3=N1. The zero-order valence-corrected chi connectivity index (χ0v) is 40.4. The molecule has 0 radical (unpaired) electrons. The first-order valence-corrected chi connectivity index (χ1v) is 23.8. The molecular formula is C54H72N4O6. The molecule has 5 aliphatic rings. The summed E-state index contributed by atoms with van der Waals surface area (Å²) in [6, 6.07) is 0. The number of carbonyl (C=O) groups excluding carboxylic acids is 2. The number of allylic oxidation sites excluding steroid dienone is 8. The number of aliphatic imine (C=N–C) groups is 3. The number of hydrogen-bond acceptors (Lipinski definition) is 9. The molecule has 1 aliphatic carbocycles. The van der Waals surface area contributed by atoms with Gasteiger partial charge in [-0.3, -0.25) is 9.59 Å². The molecule has 0 saturated heterocycles. The summed E-state index contributed by atoms with van der Waals surface area (Å²) >= 11 is 0. The van der Waals surface area contributed by atoms with Crippen molar-refractivity contribution in [1.82, 2.24) is 4.98 Å². The number of carbonyl (C=O) groups is 2. The standard InChI is InChI=1S/C54H72N4O6/c1-12-38-34(7)42-27-46-40(29-59)36(9)41(56-46)26-43-35(8)39(51(57-43)49-50(54(62)63-11)53(61)48-37(10)44(58-52(48)49)28-45(38)55-42)22-23-47(60)64-25-24-33(6)21-15-20-32(5)19-14-18-31(4)17-13-16-30(2)3/h24,26-28,30-32,50,55,59,61H,12-23,25,29H2,1-11H3/b33-24+,41-26?,42-27?,45-28?,51-49?/t31-,32-,50-/m1/s1. The molecule has 0 saturated carbocycles. The number of aliphatic hydroxyl groups is 2. The molecule has 8 bridgehead atoms. The highest BCUT2D eigenvalue weighted by Crippen LogP contribution is 2.47. The predicted octanol–water partition coefficient (Wildman–Crippen LogP) is 10.2. The Morgan fingerprint density at radius 3 is 2.17 bits per heavy atom. The quantitative estimate of drug-likeness (QED) is 0.0879. The highest BCUT2D eigenvalue weighted by Gasteiger charge is 2.47. The summed E-state index contributed by atoms with van der Waals surface area (Å²) in [4.78, 5) is 45.8. The topological polar surface area (TPSA) is 146 Å². The first-order chi connectivity index (χ1) is 30.6. The third kappa shape index (κ3) is 10.5. The fraction of sp³-hybridized carbons (Fsp3) is 0.537. The van der Waals surface area contributed by atoms with Crippen molar-refractivity contribution in [2.75, 3.05) is 20.3 Å². The molecular weight excluding hydrogens is 801 g/mol. The normalized spacial score (nSPS) is 19.3. The van der Waals surface area contributed by atoms with E-state index in [0.717, 1.165) is 80.8 Å². The lowest BCUT2D eigenvalue weighted by Gasteiger charge is -2.15. The molecule has 5 heterocycles. The molecule has 3 atom stereocenters. The minimum atomic E-state index is -1.15. The second-order valence-electron chi connectivity index (χ2n) is 19.1. The van der Waals surface area contributed by atoms with Crippen LogP contribution in [0.4, 0.5) is 0 Å². The van der Waals surface area contributed by atoms with Crippen molar-refractivity contribution in [2.24, 2.45) is 38.6 Å². The van der Waals surface area contributed by atoms with Gasteiger partial charge in [0, 0.05) is 33.8 Å². The van der Waals surface area contributed by atoms with Crippen LogP contribution in [0.3, 0.4) is 0 Å². The van der Waals surface area contributed by atoms with Crippen LogP contribution in [0.5, 0.6) is 0 Å². The van der Waals surface area contributed by atoms with Gasteiger partial charge in [-0.15, -0.1) is 0 Å². The first kappa shape index (κ1) is 48.4. The van der Waals surface area contributed by atoms with Crippen LogP contribution < -0.4 is 10.7 Å². The Balaban J connectivity index is 1.22. The van der Waals surface area contributed by atoms with Crippen LogP contribution in [0.2, 0.25) is 0 Å². The molecule has 0 fully saturated rings. The van der Waals surface area contributed by atoms with Gasteiger partial charge in [0.15, 0.2) is 0 Å². The smallest absolute Gasteiger partial charge is 0.321 e. The van der Waals surface area contributed by atoms with E-state index in [4.69, 9.17) is 24.5 Å². The molecule has 0 unspecified atom stereocenters. The fourth-order valence-electron chi connectivity index (χ4n) is 9.78. The number of aromatic amines is 1. The zero-order valence-electron chi connectivity index (χ0n) is 40.4. The van der Waals surface area contributed by atoms with Crippen molar-refractivity contribution in [3.8, 4) is 0 Å². The molecule has 4 aliphatic heterocycles. The molecule has 3 N–H and O–H groups in total. The summed E-state index contributed by atoms with van der Waals surface area (Å²) in [5, 5.41) is 24.2. The van der Waals surface area contributed by atoms with E-state index in [9.17, 15) is 19.8 Å². The number of hydrogen-bond donors (Lipinski definition) is 3. The Labute approximate surface area is 380 Å². The van der Waals surface area contributed by atoms with Crippen molar-refractivity contribution in [2.45, 2.75) is 146 Å². The maximum Gasteiger partial charge on any atom is 0.321 e. The molecule has 6 rings (SSSR count). The van der Waals surface area contributed by atoms with Gasteiger partial charge in [0.05, 0.1) is 47.9 Å². The molecule has 64 heavy (non-hydrogen) atoms. The van der Waals surface area contributed by atoms with Crippen LogP contribution in [0, 0.1) is 30.6 Å². The molecule has 0 spiro atoms. The van der Waals surface area contributed by atoms with E-state index in [1.54, 1.807) is 0 Å². The lowest BCUT2D eigenvalue weighted by Crippen LogP contribution is -2.21. The van der Waals surface area contributed by atoms with E-state index in [1.165, 1.54) is 57.6 Å². The number of fused-ring (bicyclic) bond motifs is 5. The van der Waals surface area contributed by atoms with Crippen molar-refractivity contribution in [1.29, 1.82) is 0 Å². The highest BCUT2D eigenvalue weighted by atomic mass is 16.5. The summed E-state index contributed by atoms with van der Waals surface area (Å²) in [7, 11) is 1.30. The molecule has 1 aromatic heterocycles. The third-order valence-electron chi connectivity index (χ3n) is 13.9.